The summed E-state index contributed by atoms with van der Waals surface area (Å²) >= 11 is 0. The SMILES string of the molecule is N=C(/C=C\c1ncc(-c2ccc3cn[nH]c3c2)[nH]1)N1CCCC1c1cccc(F)c1. The second kappa shape index (κ2) is 7.59. The largest absolute Gasteiger partial charge is 0.350 e. The molecule has 1 atom stereocenters. The van der Waals surface area contributed by atoms with Gasteiger partial charge >= 0.3 is 0 Å². The van der Waals surface area contributed by atoms with Gasteiger partial charge in [-0.2, -0.15) is 5.10 Å². The summed E-state index contributed by atoms with van der Waals surface area (Å²) in [5, 5.41) is 16.6. The number of halogens is 1. The second-order valence-electron chi connectivity index (χ2n) is 7.48. The average molecular weight is 400 g/mol. The summed E-state index contributed by atoms with van der Waals surface area (Å²) in [5.74, 6) is 0.845. The molecule has 7 heteroatoms. The monoisotopic (exact) mass is 400 g/mol. The molecule has 6 nitrogen and oxygen atoms in total. The maximum atomic E-state index is 13.6. The van der Waals surface area contributed by atoms with Gasteiger partial charge in [0.05, 0.1) is 29.6 Å². The number of fused-ring (bicyclic) bond motifs is 1. The second-order valence-corrected chi connectivity index (χ2v) is 7.48. The van der Waals surface area contributed by atoms with Gasteiger partial charge in [0.1, 0.15) is 17.5 Å². The Labute approximate surface area is 173 Å². The number of hydrogen-bond acceptors (Lipinski definition) is 3. The zero-order chi connectivity index (χ0) is 20.5. The summed E-state index contributed by atoms with van der Waals surface area (Å²) in [4.78, 5) is 9.72. The zero-order valence-corrected chi connectivity index (χ0v) is 16.3. The minimum Gasteiger partial charge on any atom is -0.350 e. The Morgan fingerprint density at radius 2 is 2.13 bits per heavy atom. The van der Waals surface area contributed by atoms with Gasteiger partial charge in [0.25, 0.3) is 0 Å². The van der Waals surface area contributed by atoms with Crippen LogP contribution in [0, 0.1) is 11.2 Å². The minimum atomic E-state index is -0.238. The number of aromatic amines is 2. The number of H-pyrrole nitrogens is 2. The Morgan fingerprint density at radius 3 is 3.03 bits per heavy atom. The predicted molar refractivity (Wildman–Crippen MR) is 116 cm³/mol. The van der Waals surface area contributed by atoms with Crippen molar-refractivity contribution in [3.63, 3.8) is 0 Å². The number of imidazole rings is 1. The van der Waals surface area contributed by atoms with Crippen LogP contribution in [0.1, 0.15) is 30.3 Å². The van der Waals surface area contributed by atoms with Gasteiger partial charge in [0.15, 0.2) is 0 Å². The topological polar surface area (TPSA) is 84.5 Å². The molecular formula is C23H21FN6. The number of hydrogen-bond donors (Lipinski definition) is 3. The van der Waals surface area contributed by atoms with E-state index in [1.165, 1.54) is 6.07 Å². The first kappa shape index (κ1) is 18.3. The molecule has 0 aliphatic carbocycles. The maximum absolute atomic E-state index is 13.6. The van der Waals surface area contributed by atoms with E-state index in [9.17, 15) is 4.39 Å². The van der Waals surface area contributed by atoms with Crippen LogP contribution >= 0.6 is 0 Å². The lowest BCUT2D eigenvalue weighted by Gasteiger charge is -2.26. The molecule has 150 valence electrons. The summed E-state index contributed by atoms with van der Waals surface area (Å²) in [6.45, 7) is 0.790. The van der Waals surface area contributed by atoms with E-state index in [0.29, 0.717) is 11.7 Å². The lowest BCUT2D eigenvalue weighted by Crippen LogP contribution is -2.28. The Balaban J connectivity index is 1.32. The van der Waals surface area contributed by atoms with Crippen LogP contribution < -0.4 is 0 Å². The summed E-state index contributed by atoms with van der Waals surface area (Å²) in [5.41, 5.74) is 3.80. The number of likely N-dealkylation sites (tertiary alicyclic amines) is 1. The molecule has 1 fully saturated rings. The van der Waals surface area contributed by atoms with Crippen molar-refractivity contribution in [2.24, 2.45) is 0 Å². The molecular weight excluding hydrogens is 379 g/mol. The molecule has 1 aliphatic rings. The molecule has 0 bridgehead atoms. The van der Waals surface area contributed by atoms with Gasteiger partial charge in [-0.3, -0.25) is 10.5 Å². The van der Waals surface area contributed by atoms with Gasteiger partial charge in [0, 0.05) is 17.5 Å². The highest BCUT2D eigenvalue weighted by molar-refractivity contribution is 5.94. The van der Waals surface area contributed by atoms with E-state index >= 15 is 0 Å². The van der Waals surface area contributed by atoms with Crippen molar-refractivity contribution in [1.29, 1.82) is 5.41 Å². The van der Waals surface area contributed by atoms with Crippen LogP contribution in [-0.2, 0) is 0 Å². The summed E-state index contributed by atoms with van der Waals surface area (Å²) in [6.07, 6.45) is 9.03. The van der Waals surface area contributed by atoms with Crippen LogP contribution in [0.15, 0.2) is 60.9 Å². The molecule has 30 heavy (non-hydrogen) atoms. The summed E-state index contributed by atoms with van der Waals surface area (Å²) in [7, 11) is 0. The van der Waals surface area contributed by atoms with Crippen LogP contribution in [0.5, 0.6) is 0 Å². The maximum Gasteiger partial charge on any atom is 0.130 e. The van der Waals surface area contributed by atoms with Crippen molar-refractivity contribution in [1.82, 2.24) is 25.1 Å². The molecule has 0 spiro atoms. The molecule has 0 radical (unpaired) electrons. The number of nitrogens with one attached hydrogen (secondary N) is 3. The first-order chi connectivity index (χ1) is 14.7. The van der Waals surface area contributed by atoms with Crippen molar-refractivity contribution >= 4 is 22.8 Å². The molecule has 2 aromatic carbocycles. The van der Waals surface area contributed by atoms with Crippen molar-refractivity contribution in [2.45, 2.75) is 18.9 Å². The fraction of sp³-hybridized carbons (Fsp3) is 0.174. The van der Waals surface area contributed by atoms with Gasteiger partial charge < -0.3 is 9.88 Å². The Hall–Kier alpha value is -3.74. The van der Waals surface area contributed by atoms with Gasteiger partial charge in [0.2, 0.25) is 0 Å². The predicted octanol–water partition coefficient (Wildman–Crippen LogP) is 4.92. The van der Waals surface area contributed by atoms with E-state index in [2.05, 4.69) is 20.2 Å². The van der Waals surface area contributed by atoms with E-state index in [1.54, 1.807) is 30.6 Å². The zero-order valence-electron chi connectivity index (χ0n) is 16.3. The van der Waals surface area contributed by atoms with Crippen molar-refractivity contribution in [3.05, 3.63) is 78.1 Å². The fourth-order valence-corrected chi connectivity index (χ4v) is 4.04. The smallest absolute Gasteiger partial charge is 0.130 e. The highest BCUT2D eigenvalue weighted by Crippen LogP contribution is 2.32. The van der Waals surface area contributed by atoms with Gasteiger partial charge in [-0.1, -0.05) is 24.3 Å². The molecule has 1 unspecified atom stereocenters. The van der Waals surface area contributed by atoms with Gasteiger partial charge in [-0.05, 0) is 48.8 Å². The van der Waals surface area contributed by atoms with Crippen LogP contribution in [0.2, 0.25) is 0 Å². The normalized spacial score (nSPS) is 16.7. The Bertz CT molecular complexity index is 1240. The number of nitrogens with zero attached hydrogens (tertiary/aromatic N) is 3. The third-order valence-electron chi connectivity index (χ3n) is 5.54. The highest BCUT2D eigenvalue weighted by Gasteiger charge is 2.27. The molecule has 1 aliphatic heterocycles. The number of aromatic nitrogens is 4. The molecule has 1 saturated heterocycles. The van der Waals surface area contributed by atoms with Crippen LogP contribution in [0.4, 0.5) is 4.39 Å². The number of amidine groups is 1. The molecule has 4 aromatic rings. The van der Waals surface area contributed by atoms with E-state index in [4.69, 9.17) is 5.41 Å². The van der Waals surface area contributed by atoms with Gasteiger partial charge in [-0.25, -0.2) is 9.37 Å². The third-order valence-corrected chi connectivity index (χ3v) is 5.54. The van der Waals surface area contributed by atoms with Crippen molar-refractivity contribution < 1.29 is 4.39 Å². The third kappa shape index (κ3) is 3.50. The minimum absolute atomic E-state index is 0.0335. The quantitative estimate of drug-likeness (QED) is 0.336. The highest BCUT2D eigenvalue weighted by atomic mass is 19.1. The standard InChI is InChI=1S/C23H21FN6/c24-18-4-1-3-16(11-18)21-5-2-10-30(21)22(25)8-9-23-26-14-20(28-23)15-6-7-17-13-27-29-19(17)12-15/h1,3-4,6-9,11-14,21,25H,2,5,10H2,(H,26,28)(H,27,29)/b9-8-,25-22?. The Kier molecular flexibility index (Phi) is 4.63. The van der Waals surface area contributed by atoms with E-state index < -0.39 is 0 Å². The van der Waals surface area contributed by atoms with Crippen LogP contribution in [0.3, 0.4) is 0 Å². The number of rotatable bonds is 4. The van der Waals surface area contributed by atoms with Crippen LogP contribution in [-0.4, -0.2) is 37.4 Å². The fourth-order valence-electron chi connectivity index (χ4n) is 4.04. The lowest BCUT2D eigenvalue weighted by atomic mass is 10.0. The van der Waals surface area contributed by atoms with Crippen molar-refractivity contribution in [2.75, 3.05) is 6.54 Å². The summed E-state index contributed by atoms with van der Waals surface area (Å²) in [6, 6.07) is 12.8. The van der Waals surface area contributed by atoms with Crippen molar-refractivity contribution in [3.8, 4) is 11.3 Å². The molecule has 3 N–H and O–H groups in total. The van der Waals surface area contributed by atoms with E-state index in [1.807, 2.05) is 35.2 Å². The van der Waals surface area contributed by atoms with Crippen LogP contribution in [0.25, 0.3) is 28.2 Å². The molecule has 2 aromatic heterocycles. The number of benzene rings is 2. The molecule has 3 heterocycles. The molecule has 5 rings (SSSR count). The van der Waals surface area contributed by atoms with Gasteiger partial charge in [-0.15, -0.1) is 0 Å². The van der Waals surface area contributed by atoms with E-state index in [0.717, 1.165) is 47.1 Å². The summed E-state index contributed by atoms with van der Waals surface area (Å²) < 4.78 is 13.6. The average Bonchev–Trinajstić information content (AvgIpc) is 3.51. The lowest BCUT2D eigenvalue weighted by molar-refractivity contribution is 0.399. The first-order valence-corrected chi connectivity index (χ1v) is 9.94. The molecule has 0 saturated carbocycles. The molecule has 0 amide bonds. The first-order valence-electron chi connectivity index (χ1n) is 9.94. The Morgan fingerprint density at radius 1 is 1.20 bits per heavy atom. The van der Waals surface area contributed by atoms with E-state index in [-0.39, 0.29) is 11.9 Å².